The molecule has 112 valence electrons. The molecule has 2 nitrogen and oxygen atoms in total. The average molecular weight is 328 g/mol. The number of nitrogens with one attached hydrogen (secondary N) is 1. The van der Waals surface area contributed by atoms with Crippen LogP contribution >= 0.6 is 23.2 Å². The van der Waals surface area contributed by atoms with Crippen molar-refractivity contribution >= 4 is 23.2 Å². The molecular formula is C16H16Cl2FNO. The van der Waals surface area contributed by atoms with Crippen molar-refractivity contribution in [1.29, 1.82) is 0 Å². The zero-order valence-electron chi connectivity index (χ0n) is 11.5. The Morgan fingerprint density at radius 1 is 1.14 bits per heavy atom. The fourth-order valence-electron chi connectivity index (χ4n) is 2.04. The second-order valence-electron chi connectivity index (χ2n) is 4.86. The van der Waals surface area contributed by atoms with Crippen molar-refractivity contribution < 1.29 is 9.50 Å². The number of hydrogen-bond acceptors (Lipinski definition) is 2. The van der Waals surface area contributed by atoms with Gasteiger partial charge in [-0.25, -0.2) is 4.39 Å². The van der Waals surface area contributed by atoms with E-state index in [1.54, 1.807) is 30.3 Å². The van der Waals surface area contributed by atoms with Crippen molar-refractivity contribution in [2.45, 2.75) is 19.1 Å². The lowest BCUT2D eigenvalue weighted by Crippen LogP contribution is -2.24. The molecule has 5 heteroatoms. The van der Waals surface area contributed by atoms with E-state index in [1.807, 2.05) is 6.92 Å². The van der Waals surface area contributed by atoms with E-state index in [0.29, 0.717) is 22.2 Å². The lowest BCUT2D eigenvalue weighted by atomic mass is 10.1. The van der Waals surface area contributed by atoms with E-state index >= 15 is 0 Å². The normalized spacial score (nSPS) is 14.0. The fourth-order valence-corrected chi connectivity index (χ4v) is 2.46. The van der Waals surface area contributed by atoms with E-state index in [9.17, 15) is 9.50 Å². The predicted molar refractivity (Wildman–Crippen MR) is 84.2 cm³/mol. The third-order valence-electron chi connectivity index (χ3n) is 3.30. The first-order valence-electron chi connectivity index (χ1n) is 6.59. The van der Waals surface area contributed by atoms with Crippen LogP contribution in [0.1, 0.15) is 30.2 Å². The lowest BCUT2D eigenvalue weighted by Gasteiger charge is -2.18. The minimum atomic E-state index is -0.765. The molecule has 0 radical (unpaired) electrons. The second-order valence-corrected chi connectivity index (χ2v) is 5.71. The first-order valence-corrected chi connectivity index (χ1v) is 7.35. The van der Waals surface area contributed by atoms with E-state index < -0.39 is 6.10 Å². The van der Waals surface area contributed by atoms with E-state index in [-0.39, 0.29) is 11.9 Å². The zero-order chi connectivity index (χ0) is 15.4. The molecule has 2 aromatic carbocycles. The van der Waals surface area contributed by atoms with Crippen molar-refractivity contribution in [3.05, 3.63) is 69.5 Å². The van der Waals surface area contributed by atoms with E-state index in [0.717, 1.165) is 5.56 Å². The molecule has 0 aromatic heterocycles. The van der Waals surface area contributed by atoms with E-state index in [4.69, 9.17) is 23.2 Å². The molecular weight excluding hydrogens is 312 g/mol. The van der Waals surface area contributed by atoms with Crippen LogP contribution in [0.15, 0.2) is 42.5 Å². The summed E-state index contributed by atoms with van der Waals surface area (Å²) in [5.41, 5.74) is 1.53. The number of hydrogen-bond donors (Lipinski definition) is 2. The fraction of sp³-hybridized carbons (Fsp3) is 0.250. The third-order valence-corrected chi connectivity index (χ3v) is 3.88. The molecule has 0 heterocycles. The van der Waals surface area contributed by atoms with Crippen LogP contribution in [0.3, 0.4) is 0 Å². The smallest absolute Gasteiger partial charge is 0.123 e. The number of aliphatic hydroxyl groups is 1. The van der Waals surface area contributed by atoms with Crippen LogP contribution in [0, 0.1) is 5.82 Å². The SMILES string of the molecule is C[C@H](NCC(O)c1cc(Cl)ccc1Cl)c1ccc(F)cc1. The quantitative estimate of drug-likeness (QED) is 0.846. The molecule has 0 fully saturated rings. The number of aliphatic hydroxyl groups excluding tert-OH is 1. The van der Waals surface area contributed by atoms with Gasteiger partial charge in [0, 0.05) is 28.2 Å². The van der Waals surface area contributed by atoms with Crippen LogP contribution in [0.25, 0.3) is 0 Å². The van der Waals surface area contributed by atoms with Gasteiger partial charge >= 0.3 is 0 Å². The molecule has 0 bridgehead atoms. The van der Waals surface area contributed by atoms with Gasteiger partial charge in [-0.2, -0.15) is 0 Å². The zero-order valence-corrected chi connectivity index (χ0v) is 13.0. The minimum absolute atomic E-state index is 0.0155. The monoisotopic (exact) mass is 327 g/mol. The Balaban J connectivity index is 1.98. The molecule has 2 N–H and O–H groups in total. The van der Waals surface area contributed by atoms with Crippen LogP contribution < -0.4 is 5.32 Å². The summed E-state index contributed by atoms with van der Waals surface area (Å²) in [4.78, 5) is 0. The summed E-state index contributed by atoms with van der Waals surface area (Å²) in [6.45, 7) is 2.26. The first-order chi connectivity index (χ1) is 9.97. The Morgan fingerprint density at radius 3 is 2.48 bits per heavy atom. The van der Waals surface area contributed by atoms with Gasteiger partial charge in [0.05, 0.1) is 6.10 Å². The molecule has 0 amide bonds. The van der Waals surface area contributed by atoms with Crippen molar-refractivity contribution in [3.63, 3.8) is 0 Å². The Morgan fingerprint density at radius 2 is 1.81 bits per heavy atom. The average Bonchev–Trinajstić information content (AvgIpc) is 2.47. The maximum atomic E-state index is 12.9. The highest BCUT2D eigenvalue weighted by Crippen LogP contribution is 2.26. The van der Waals surface area contributed by atoms with Gasteiger partial charge in [0.2, 0.25) is 0 Å². The number of rotatable bonds is 5. The van der Waals surface area contributed by atoms with Gasteiger partial charge in [0.15, 0.2) is 0 Å². The van der Waals surface area contributed by atoms with Gasteiger partial charge < -0.3 is 10.4 Å². The first kappa shape index (κ1) is 16.2. The van der Waals surface area contributed by atoms with Gasteiger partial charge in [-0.05, 0) is 42.8 Å². The van der Waals surface area contributed by atoms with Crippen LogP contribution in [0.2, 0.25) is 10.0 Å². The predicted octanol–water partition coefficient (Wildman–Crippen LogP) is 4.52. The molecule has 0 spiro atoms. The topological polar surface area (TPSA) is 32.3 Å². The Labute approximate surface area is 133 Å². The molecule has 2 atom stereocenters. The second kappa shape index (κ2) is 7.23. The summed E-state index contributed by atoms with van der Waals surface area (Å²) >= 11 is 12.0. The highest BCUT2D eigenvalue weighted by molar-refractivity contribution is 6.33. The van der Waals surface area contributed by atoms with E-state index in [2.05, 4.69) is 5.32 Å². The summed E-state index contributed by atoms with van der Waals surface area (Å²) in [5, 5.41) is 14.4. The maximum Gasteiger partial charge on any atom is 0.123 e. The summed E-state index contributed by atoms with van der Waals surface area (Å²) < 4.78 is 12.9. The number of halogens is 3. The standard InChI is InChI=1S/C16H16Cl2FNO/c1-10(11-2-5-13(19)6-3-11)20-9-16(21)14-8-12(17)4-7-15(14)18/h2-8,10,16,20-21H,9H2,1H3/t10-,16?/m0/s1. The molecule has 1 unspecified atom stereocenters. The summed E-state index contributed by atoms with van der Waals surface area (Å²) in [6, 6.07) is 11.2. The largest absolute Gasteiger partial charge is 0.387 e. The molecule has 0 saturated carbocycles. The Bertz CT molecular complexity index is 604. The summed E-state index contributed by atoms with van der Waals surface area (Å²) in [5.74, 6) is -0.267. The number of benzene rings is 2. The van der Waals surface area contributed by atoms with Gasteiger partial charge in [-0.1, -0.05) is 35.3 Å². The lowest BCUT2D eigenvalue weighted by molar-refractivity contribution is 0.171. The van der Waals surface area contributed by atoms with Gasteiger partial charge in [0.1, 0.15) is 5.82 Å². The highest BCUT2D eigenvalue weighted by atomic mass is 35.5. The third kappa shape index (κ3) is 4.42. The molecule has 0 aliphatic carbocycles. The molecule has 2 rings (SSSR count). The maximum absolute atomic E-state index is 12.9. The highest BCUT2D eigenvalue weighted by Gasteiger charge is 2.14. The van der Waals surface area contributed by atoms with Crippen molar-refractivity contribution in [3.8, 4) is 0 Å². The van der Waals surface area contributed by atoms with Crippen molar-refractivity contribution in [1.82, 2.24) is 5.32 Å². The van der Waals surface area contributed by atoms with Gasteiger partial charge in [-0.15, -0.1) is 0 Å². The van der Waals surface area contributed by atoms with Crippen LogP contribution in [-0.2, 0) is 0 Å². The van der Waals surface area contributed by atoms with Crippen molar-refractivity contribution in [2.24, 2.45) is 0 Å². The molecule has 0 aliphatic rings. The van der Waals surface area contributed by atoms with Crippen molar-refractivity contribution in [2.75, 3.05) is 6.54 Å². The molecule has 21 heavy (non-hydrogen) atoms. The molecule has 2 aromatic rings. The summed E-state index contributed by atoms with van der Waals surface area (Å²) in [6.07, 6.45) is -0.765. The Hall–Kier alpha value is -1.13. The molecule has 0 saturated heterocycles. The van der Waals surface area contributed by atoms with Gasteiger partial charge in [0.25, 0.3) is 0 Å². The van der Waals surface area contributed by atoms with Crippen LogP contribution in [0.4, 0.5) is 4.39 Å². The summed E-state index contributed by atoms with van der Waals surface area (Å²) in [7, 11) is 0. The van der Waals surface area contributed by atoms with Crippen LogP contribution in [0.5, 0.6) is 0 Å². The van der Waals surface area contributed by atoms with Gasteiger partial charge in [-0.3, -0.25) is 0 Å². The minimum Gasteiger partial charge on any atom is -0.387 e. The molecule has 0 aliphatic heterocycles. The Kier molecular flexibility index (Phi) is 5.59. The van der Waals surface area contributed by atoms with Crippen LogP contribution in [-0.4, -0.2) is 11.7 Å². The van der Waals surface area contributed by atoms with E-state index in [1.165, 1.54) is 12.1 Å².